The van der Waals surface area contributed by atoms with Crippen LogP contribution in [0, 0.1) is 0 Å². The normalized spacial score (nSPS) is 10.6. The van der Waals surface area contributed by atoms with Crippen LogP contribution in [-0.2, 0) is 6.54 Å². The molecule has 0 aliphatic carbocycles. The molecule has 1 aromatic carbocycles. The fraction of sp³-hybridized carbons (Fsp3) is 0.0909. The van der Waals surface area contributed by atoms with Gasteiger partial charge in [0.15, 0.2) is 0 Å². The summed E-state index contributed by atoms with van der Waals surface area (Å²) in [6, 6.07) is 7.20. The van der Waals surface area contributed by atoms with E-state index < -0.39 is 0 Å². The largest absolute Gasteiger partial charge is 0.467 e. The van der Waals surface area contributed by atoms with Crippen LogP contribution in [-0.4, -0.2) is 0 Å². The molecule has 0 unspecified atom stereocenters. The maximum absolute atomic E-state index is 5.92. The van der Waals surface area contributed by atoms with Gasteiger partial charge in [-0.25, -0.2) is 0 Å². The molecule has 0 amide bonds. The van der Waals surface area contributed by atoms with Crippen molar-refractivity contribution in [2.24, 2.45) is 5.73 Å². The van der Waals surface area contributed by atoms with Crippen molar-refractivity contribution in [3.8, 4) is 11.1 Å². The van der Waals surface area contributed by atoms with Crippen molar-refractivity contribution in [3.05, 3.63) is 46.3 Å². The topological polar surface area (TPSA) is 39.2 Å². The Balaban J connectivity index is 2.53. The first kappa shape index (κ1) is 10.6. The van der Waals surface area contributed by atoms with Crippen molar-refractivity contribution in [3.63, 3.8) is 0 Å². The highest BCUT2D eigenvalue weighted by atomic mass is 35.5. The Morgan fingerprint density at radius 2 is 1.80 bits per heavy atom. The van der Waals surface area contributed by atoms with Gasteiger partial charge in [-0.2, -0.15) is 0 Å². The molecule has 0 bridgehead atoms. The Morgan fingerprint density at radius 3 is 2.40 bits per heavy atom. The van der Waals surface area contributed by atoms with Gasteiger partial charge in [-0.3, -0.25) is 0 Å². The second-order valence-corrected chi connectivity index (χ2v) is 3.99. The second-order valence-electron chi connectivity index (χ2n) is 3.12. The summed E-state index contributed by atoms with van der Waals surface area (Å²) in [5.74, 6) is 0.730. The average molecular weight is 242 g/mol. The maximum atomic E-state index is 5.92. The minimum absolute atomic E-state index is 0.354. The lowest BCUT2D eigenvalue weighted by atomic mass is 10.1. The third kappa shape index (κ3) is 2.17. The number of benzene rings is 1. The van der Waals surface area contributed by atoms with Crippen LogP contribution in [0.2, 0.25) is 10.0 Å². The Bertz CT molecular complexity index is 459. The molecule has 0 radical (unpaired) electrons. The Morgan fingerprint density at radius 1 is 1.13 bits per heavy atom. The van der Waals surface area contributed by atoms with Crippen LogP contribution >= 0.6 is 23.2 Å². The third-order valence-electron chi connectivity index (χ3n) is 2.10. The van der Waals surface area contributed by atoms with Crippen molar-refractivity contribution in [2.75, 3.05) is 0 Å². The second kappa shape index (κ2) is 4.27. The van der Waals surface area contributed by atoms with E-state index in [0.29, 0.717) is 16.6 Å². The maximum Gasteiger partial charge on any atom is 0.125 e. The molecule has 78 valence electrons. The Labute approximate surface area is 97.6 Å². The summed E-state index contributed by atoms with van der Waals surface area (Å²) in [5, 5.41) is 1.20. The molecule has 0 aliphatic rings. The van der Waals surface area contributed by atoms with E-state index in [4.69, 9.17) is 33.4 Å². The molecule has 2 N–H and O–H groups in total. The van der Waals surface area contributed by atoms with Crippen molar-refractivity contribution in [1.82, 2.24) is 0 Å². The Hall–Kier alpha value is -0.960. The van der Waals surface area contributed by atoms with Crippen LogP contribution < -0.4 is 5.73 Å². The van der Waals surface area contributed by atoms with Gasteiger partial charge in [0, 0.05) is 15.6 Å². The smallest absolute Gasteiger partial charge is 0.125 e. The van der Waals surface area contributed by atoms with Crippen LogP contribution in [0.1, 0.15) is 5.76 Å². The van der Waals surface area contributed by atoms with Crippen LogP contribution in [0.15, 0.2) is 34.9 Å². The minimum atomic E-state index is 0.354. The van der Waals surface area contributed by atoms with E-state index in [1.54, 1.807) is 12.3 Å². The number of hydrogen-bond acceptors (Lipinski definition) is 2. The van der Waals surface area contributed by atoms with Gasteiger partial charge in [-0.05, 0) is 29.8 Å². The number of rotatable bonds is 2. The lowest BCUT2D eigenvalue weighted by molar-refractivity contribution is 0.513. The Kier molecular flexibility index (Phi) is 3.00. The zero-order chi connectivity index (χ0) is 10.8. The van der Waals surface area contributed by atoms with Crippen molar-refractivity contribution in [1.29, 1.82) is 0 Å². The summed E-state index contributed by atoms with van der Waals surface area (Å²) in [6.45, 7) is 0.354. The molecule has 15 heavy (non-hydrogen) atoms. The summed E-state index contributed by atoms with van der Waals surface area (Å²) in [7, 11) is 0. The molecule has 1 heterocycles. The first-order valence-electron chi connectivity index (χ1n) is 4.43. The van der Waals surface area contributed by atoms with Crippen molar-refractivity contribution in [2.45, 2.75) is 6.54 Å². The molecule has 0 fully saturated rings. The van der Waals surface area contributed by atoms with E-state index in [9.17, 15) is 0 Å². The lowest BCUT2D eigenvalue weighted by Crippen LogP contribution is -1.95. The predicted molar refractivity (Wildman–Crippen MR) is 62.1 cm³/mol. The van der Waals surface area contributed by atoms with Crippen LogP contribution in [0.4, 0.5) is 0 Å². The molecule has 1 aromatic heterocycles. The minimum Gasteiger partial charge on any atom is -0.467 e. The van der Waals surface area contributed by atoms with Gasteiger partial charge >= 0.3 is 0 Å². The number of halogens is 2. The van der Waals surface area contributed by atoms with Crippen LogP contribution in [0.5, 0.6) is 0 Å². The predicted octanol–water partition coefficient (Wildman–Crippen LogP) is 3.71. The molecule has 0 saturated carbocycles. The van der Waals surface area contributed by atoms with Gasteiger partial charge in [-0.1, -0.05) is 23.2 Å². The standard InChI is InChI=1S/C11H9Cl2NO/c12-8-3-7(4-9(13)5-8)10-1-2-15-11(10)6-14/h1-5H,6,14H2. The molecule has 2 nitrogen and oxygen atoms in total. The van der Waals surface area contributed by atoms with E-state index in [0.717, 1.165) is 16.9 Å². The van der Waals surface area contributed by atoms with Crippen molar-refractivity contribution >= 4 is 23.2 Å². The zero-order valence-corrected chi connectivity index (χ0v) is 9.35. The van der Waals surface area contributed by atoms with Gasteiger partial charge in [0.1, 0.15) is 5.76 Å². The summed E-state index contributed by atoms with van der Waals surface area (Å²) >= 11 is 11.8. The summed E-state index contributed by atoms with van der Waals surface area (Å²) in [4.78, 5) is 0. The van der Waals surface area contributed by atoms with Crippen LogP contribution in [0.25, 0.3) is 11.1 Å². The first-order valence-corrected chi connectivity index (χ1v) is 5.19. The fourth-order valence-corrected chi connectivity index (χ4v) is 1.99. The number of nitrogens with two attached hydrogens (primary N) is 1. The number of hydrogen-bond donors (Lipinski definition) is 1. The SMILES string of the molecule is NCc1occc1-c1cc(Cl)cc(Cl)c1. The lowest BCUT2D eigenvalue weighted by Gasteiger charge is -2.02. The quantitative estimate of drug-likeness (QED) is 0.871. The molecule has 0 spiro atoms. The van der Waals surface area contributed by atoms with Gasteiger partial charge in [-0.15, -0.1) is 0 Å². The molecule has 4 heteroatoms. The molecule has 2 aromatic rings. The number of furan rings is 1. The molecular weight excluding hydrogens is 233 g/mol. The molecule has 0 saturated heterocycles. The van der Waals surface area contributed by atoms with Gasteiger partial charge in [0.25, 0.3) is 0 Å². The van der Waals surface area contributed by atoms with Gasteiger partial charge < -0.3 is 10.2 Å². The van der Waals surface area contributed by atoms with Gasteiger partial charge in [0.05, 0.1) is 12.8 Å². The van der Waals surface area contributed by atoms with Crippen LogP contribution in [0.3, 0.4) is 0 Å². The summed E-state index contributed by atoms with van der Waals surface area (Å²) in [6.07, 6.45) is 1.60. The first-order chi connectivity index (χ1) is 7.20. The molecule has 0 atom stereocenters. The van der Waals surface area contributed by atoms with E-state index >= 15 is 0 Å². The highest BCUT2D eigenvalue weighted by molar-refractivity contribution is 6.35. The summed E-state index contributed by atoms with van der Waals surface area (Å²) < 4.78 is 5.24. The average Bonchev–Trinajstić information content (AvgIpc) is 2.63. The van der Waals surface area contributed by atoms with E-state index in [2.05, 4.69) is 0 Å². The fourth-order valence-electron chi connectivity index (χ4n) is 1.47. The highest BCUT2D eigenvalue weighted by Gasteiger charge is 2.08. The monoisotopic (exact) mass is 241 g/mol. The summed E-state index contributed by atoms with van der Waals surface area (Å²) in [5.41, 5.74) is 7.40. The molecule has 2 rings (SSSR count). The van der Waals surface area contributed by atoms with Crippen molar-refractivity contribution < 1.29 is 4.42 Å². The van der Waals surface area contributed by atoms with E-state index in [1.807, 2.05) is 18.2 Å². The van der Waals surface area contributed by atoms with Gasteiger partial charge in [0.2, 0.25) is 0 Å². The molecular formula is C11H9Cl2NO. The van der Waals surface area contributed by atoms with E-state index in [1.165, 1.54) is 0 Å². The molecule has 0 aliphatic heterocycles. The zero-order valence-electron chi connectivity index (χ0n) is 7.84. The van der Waals surface area contributed by atoms with E-state index in [-0.39, 0.29) is 0 Å². The highest BCUT2D eigenvalue weighted by Crippen LogP contribution is 2.29. The third-order valence-corrected chi connectivity index (χ3v) is 2.54.